The van der Waals surface area contributed by atoms with Crippen molar-refractivity contribution in [3.05, 3.63) is 29.7 Å². The Balaban J connectivity index is 1.78. The highest BCUT2D eigenvalue weighted by atomic mass is 32.2. The van der Waals surface area contributed by atoms with Gasteiger partial charge in [0, 0.05) is 31.4 Å². The summed E-state index contributed by atoms with van der Waals surface area (Å²) in [5.41, 5.74) is -4.61. The van der Waals surface area contributed by atoms with Crippen molar-refractivity contribution in [2.24, 2.45) is 16.8 Å². The minimum atomic E-state index is -5.90. The van der Waals surface area contributed by atoms with Gasteiger partial charge in [-0.3, -0.25) is 4.99 Å². The molecule has 2 atom stereocenters. The number of allylic oxidation sites excluding steroid dienone is 1. The minimum Gasteiger partial charge on any atom is -0.381 e. The van der Waals surface area contributed by atoms with E-state index < -0.39 is 46.4 Å². The molecule has 1 aromatic rings. The number of alkyl halides is 6. The molecule has 0 radical (unpaired) electrons. The highest BCUT2D eigenvalue weighted by molar-refractivity contribution is 7.91. The van der Waals surface area contributed by atoms with E-state index in [-0.39, 0.29) is 28.8 Å². The quantitative estimate of drug-likeness (QED) is 0.470. The maximum absolute atomic E-state index is 13.2. The van der Waals surface area contributed by atoms with Crippen LogP contribution in [-0.2, 0) is 14.8 Å². The molecule has 14 heteroatoms. The summed E-state index contributed by atoms with van der Waals surface area (Å²) in [4.78, 5) is 4.48. The van der Waals surface area contributed by atoms with Gasteiger partial charge in [-0.05, 0) is 55.5 Å². The lowest BCUT2D eigenvalue weighted by Crippen LogP contribution is -2.61. The first-order chi connectivity index (χ1) is 16.2. The van der Waals surface area contributed by atoms with Crippen molar-refractivity contribution in [1.82, 2.24) is 4.72 Å². The van der Waals surface area contributed by atoms with Crippen LogP contribution in [0.4, 0.5) is 26.3 Å². The largest absolute Gasteiger partial charge is 0.426 e. The molecule has 0 spiro atoms. The number of rotatable bonds is 8. The number of thiophene rings is 1. The third-order valence-electron chi connectivity index (χ3n) is 6.20. The molecule has 35 heavy (non-hydrogen) atoms. The molecule has 2 heterocycles. The van der Waals surface area contributed by atoms with Gasteiger partial charge in [0.15, 0.2) is 0 Å². The average molecular weight is 549 g/mol. The molecular formula is C21H26F6N2O4S2. The molecule has 1 aromatic heterocycles. The zero-order valence-electron chi connectivity index (χ0n) is 18.5. The van der Waals surface area contributed by atoms with Gasteiger partial charge in [-0.2, -0.15) is 26.3 Å². The second-order valence-electron chi connectivity index (χ2n) is 8.62. The summed E-state index contributed by atoms with van der Waals surface area (Å²) in [5.74, 6) is -2.03. The summed E-state index contributed by atoms with van der Waals surface area (Å²) >= 11 is 1.04. The van der Waals surface area contributed by atoms with Crippen molar-refractivity contribution in [1.29, 1.82) is 0 Å². The van der Waals surface area contributed by atoms with Crippen molar-refractivity contribution < 1.29 is 44.6 Å². The molecule has 2 aliphatic rings. The fourth-order valence-corrected chi connectivity index (χ4v) is 6.33. The van der Waals surface area contributed by atoms with Crippen LogP contribution in [0.5, 0.6) is 0 Å². The lowest BCUT2D eigenvalue weighted by Gasteiger charge is -2.38. The standard InChI is InChI=1S/C21H26F6N2O4S2/c22-20(23,24)19(30,21(25,26)27)15-3-5-16(6-4-15)29-17(12-14-7-9-33-10-8-14)13-28-35(31,32)18-2-1-11-34-18/h1-3,5,11,14-15,17,28,30H,4,6-10,12-13H2. The van der Waals surface area contributed by atoms with E-state index in [0.29, 0.717) is 25.7 Å². The normalized spacial score (nSPS) is 23.1. The Kier molecular flexibility index (Phi) is 8.73. The summed E-state index contributed by atoms with van der Waals surface area (Å²) in [6.45, 7) is 1.02. The van der Waals surface area contributed by atoms with Gasteiger partial charge in [-0.25, -0.2) is 13.1 Å². The number of hydrogen-bond acceptors (Lipinski definition) is 6. The fourth-order valence-electron chi connectivity index (χ4n) is 4.22. The average Bonchev–Trinajstić information content (AvgIpc) is 3.33. The van der Waals surface area contributed by atoms with Crippen LogP contribution >= 0.6 is 11.3 Å². The van der Waals surface area contributed by atoms with E-state index in [1.54, 1.807) is 11.4 Å². The monoisotopic (exact) mass is 548 g/mol. The van der Waals surface area contributed by atoms with Crippen LogP contribution in [0.25, 0.3) is 0 Å². The van der Waals surface area contributed by atoms with Gasteiger partial charge in [0.1, 0.15) is 4.21 Å². The van der Waals surface area contributed by atoms with Crippen molar-refractivity contribution >= 4 is 27.1 Å². The van der Waals surface area contributed by atoms with Gasteiger partial charge >= 0.3 is 12.4 Å². The zero-order chi connectivity index (χ0) is 25.9. The molecule has 1 fully saturated rings. The van der Waals surface area contributed by atoms with Gasteiger partial charge in [-0.15, -0.1) is 11.3 Å². The second kappa shape index (κ2) is 10.9. The van der Waals surface area contributed by atoms with Crippen LogP contribution in [0.3, 0.4) is 0 Å². The summed E-state index contributed by atoms with van der Waals surface area (Å²) < 4.78 is 112. The Morgan fingerprint density at radius 3 is 2.31 bits per heavy atom. The van der Waals surface area contributed by atoms with Gasteiger partial charge in [-0.1, -0.05) is 12.1 Å². The highest BCUT2D eigenvalue weighted by Gasteiger charge is 2.73. The predicted molar refractivity (Wildman–Crippen MR) is 118 cm³/mol. The molecular weight excluding hydrogens is 522 g/mol. The van der Waals surface area contributed by atoms with Crippen LogP contribution in [0.2, 0.25) is 0 Å². The van der Waals surface area contributed by atoms with Gasteiger partial charge in [0.2, 0.25) is 10.0 Å². The maximum atomic E-state index is 13.2. The Hall–Kier alpha value is -1.48. The van der Waals surface area contributed by atoms with E-state index in [4.69, 9.17) is 4.74 Å². The summed E-state index contributed by atoms with van der Waals surface area (Å²) in [6, 6.07) is 2.46. The first-order valence-electron chi connectivity index (χ1n) is 11.0. The van der Waals surface area contributed by atoms with E-state index in [9.17, 15) is 39.9 Å². The van der Waals surface area contributed by atoms with Crippen molar-refractivity contribution in [3.8, 4) is 0 Å². The maximum Gasteiger partial charge on any atom is 0.426 e. The predicted octanol–water partition coefficient (Wildman–Crippen LogP) is 4.47. The lowest BCUT2D eigenvalue weighted by atomic mass is 9.79. The van der Waals surface area contributed by atoms with E-state index in [0.717, 1.165) is 30.3 Å². The smallest absolute Gasteiger partial charge is 0.381 e. The van der Waals surface area contributed by atoms with Gasteiger partial charge < -0.3 is 9.84 Å². The Labute approximate surface area is 203 Å². The summed E-state index contributed by atoms with van der Waals surface area (Å²) in [7, 11) is -3.78. The van der Waals surface area contributed by atoms with E-state index in [2.05, 4.69) is 9.71 Å². The van der Waals surface area contributed by atoms with Gasteiger partial charge in [0.05, 0.1) is 6.04 Å². The number of nitrogens with one attached hydrogen (secondary N) is 1. The topological polar surface area (TPSA) is 88.0 Å². The molecule has 2 N–H and O–H groups in total. The fraction of sp³-hybridized carbons (Fsp3) is 0.667. The van der Waals surface area contributed by atoms with Crippen LogP contribution in [-0.4, -0.2) is 63.0 Å². The number of aliphatic hydroxyl groups is 1. The SMILES string of the molecule is O=S(=O)(NCC(CC1CCOCC1)N=C1C=CC(C(O)(C(F)(F)F)C(F)(F)F)CC1)c1cccs1. The van der Waals surface area contributed by atoms with Crippen molar-refractivity contribution in [3.63, 3.8) is 0 Å². The van der Waals surface area contributed by atoms with Crippen LogP contribution in [0, 0.1) is 11.8 Å². The summed E-state index contributed by atoms with van der Waals surface area (Å²) in [5, 5.41) is 11.2. The lowest BCUT2D eigenvalue weighted by molar-refractivity contribution is -0.380. The number of aliphatic imine (C=N–C) groups is 1. The molecule has 1 aliphatic heterocycles. The molecule has 0 saturated carbocycles. The third kappa shape index (κ3) is 6.64. The molecule has 6 nitrogen and oxygen atoms in total. The van der Waals surface area contributed by atoms with Crippen molar-refractivity contribution in [2.75, 3.05) is 19.8 Å². The molecule has 1 saturated heterocycles. The van der Waals surface area contributed by atoms with E-state index in [1.165, 1.54) is 6.07 Å². The molecule has 0 bridgehead atoms. The molecule has 1 aliphatic carbocycles. The first kappa shape index (κ1) is 28.1. The van der Waals surface area contributed by atoms with E-state index in [1.807, 2.05) is 0 Å². The Bertz CT molecular complexity index is 986. The van der Waals surface area contributed by atoms with Gasteiger partial charge in [0.25, 0.3) is 5.60 Å². The first-order valence-corrected chi connectivity index (χ1v) is 13.3. The number of nitrogens with zero attached hydrogens (tertiary/aromatic N) is 1. The number of hydrogen-bond donors (Lipinski definition) is 2. The molecule has 3 rings (SSSR count). The Morgan fingerprint density at radius 2 is 1.80 bits per heavy atom. The number of ether oxygens (including phenoxy) is 1. The molecule has 0 amide bonds. The molecule has 0 aromatic carbocycles. The van der Waals surface area contributed by atoms with Crippen LogP contribution in [0.15, 0.2) is 38.9 Å². The van der Waals surface area contributed by atoms with Crippen molar-refractivity contribution in [2.45, 2.75) is 60.3 Å². The summed E-state index contributed by atoms with van der Waals surface area (Å²) in [6.07, 6.45) is -8.95. The second-order valence-corrected chi connectivity index (χ2v) is 11.6. The number of halogens is 6. The third-order valence-corrected chi connectivity index (χ3v) is 9.02. The Morgan fingerprint density at radius 1 is 1.14 bits per heavy atom. The van der Waals surface area contributed by atoms with Crippen LogP contribution in [0.1, 0.15) is 32.1 Å². The molecule has 198 valence electrons. The minimum absolute atomic E-state index is 0.0760. The van der Waals surface area contributed by atoms with Crippen LogP contribution < -0.4 is 4.72 Å². The highest BCUT2D eigenvalue weighted by Crippen LogP contribution is 2.50. The van der Waals surface area contributed by atoms with E-state index >= 15 is 0 Å². The zero-order valence-corrected chi connectivity index (χ0v) is 20.1. The number of sulfonamides is 1. The molecule has 2 unspecified atom stereocenters.